The molecule has 24 heavy (non-hydrogen) atoms. The molecule has 0 radical (unpaired) electrons. The topological polar surface area (TPSA) is 80.3 Å². The number of aromatic nitrogens is 1. The number of anilines is 2. The van der Waals surface area contributed by atoms with Crippen molar-refractivity contribution in [2.45, 2.75) is 12.6 Å². The van der Waals surface area contributed by atoms with Crippen LogP contribution < -0.4 is 10.6 Å². The molecule has 1 aromatic carbocycles. The number of rotatable bonds is 4. The zero-order valence-corrected chi connectivity index (χ0v) is 13.1. The number of halogens is 3. The number of hydrogen-bond acceptors (Lipinski definition) is 5. The summed E-state index contributed by atoms with van der Waals surface area (Å²) in [5.74, 6) is -0.446. The quantitative estimate of drug-likeness (QED) is 0.819. The molecular weight excluding hydrogens is 347 g/mol. The van der Waals surface area contributed by atoms with Gasteiger partial charge >= 0.3 is 18.2 Å². The third-order valence-corrected chi connectivity index (χ3v) is 3.68. The number of esters is 1. The largest absolute Gasteiger partial charge is 0.469 e. The minimum Gasteiger partial charge on any atom is -0.469 e. The molecule has 0 aliphatic rings. The van der Waals surface area contributed by atoms with E-state index in [2.05, 4.69) is 20.4 Å². The number of urea groups is 1. The van der Waals surface area contributed by atoms with Crippen LogP contribution in [0, 0.1) is 0 Å². The molecule has 2 amide bonds. The van der Waals surface area contributed by atoms with Crippen molar-refractivity contribution in [2.75, 3.05) is 17.7 Å². The first kappa shape index (κ1) is 17.7. The third-order valence-electron chi connectivity index (χ3n) is 2.77. The molecule has 128 valence electrons. The molecule has 6 nitrogen and oxygen atoms in total. The number of carbonyl (C=O) groups is 2. The lowest BCUT2D eigenvalue weighted by Crippen LogP contribution is -2.19. The number of nitrogens with zero attached hydrogens (tertiary/aromatic N) is 1. The van der Waals surface area contributed by atoms with Crippen LogP contribution in [0.15, 0.2) is 30.5 Å². The van der Waals surface area contributed by atoms with Gasteiger partial charge in [0.2, 0.25) is 0 Å². The lowest BCUT2D eigenvalue weighted by atomic mass is 10.2. The highest BCUT2D eigenvalue weighted by molar-refractivity contribution is 7.15. The van der Waals surface area contributed by atoms with E-state index in [1.165, 1.54) is 25.4 Å². The number of alkyl halides is 3. The average Bonchev–Trinajstić information content (AvgIpc) is 2.93. The van der Waals surface area contributed by atoms with Crippen LogP contribution in [0.3, 0.4) is 0 Å². The average molecular weight is 359 g/mol. The molecule has 0 atom stereocenters. The van der Waals surface area contributed by atoms with Gasteiger partial charge in [-0.15, -0.1) is 11.3 Å². The van der Waals surface area contributed by atoms with Crippen LogP contribution in [-0.4, -0.2) is 24.1 Å². The van der Waals surface area contributed by atoms with Gasteiger partial charge in [-0.1, -0.05) is 6.07 Å². The molecule has 0 bridgehead atoms. The second-order valence-corrected chi connectivity index (χ2v) is 5.66. The number of amides is 2. The standard InChI is InChI=1S/C14H12F3N3O3S/c1-23-11(21)6-10-7-18-13(24-10)20-12(22)19-9-4-2-3-8(5-9)14(15,16)17/h2-5,7H,6H2,1H3,(H2,18,19,20,22). The van der Waals surface area contributed by atoms with Crippen LogP contribution >= 0.6 is 11.3 Å². The van der Waals surface area contributed by atoms with Gasteiger partial charge in [0.05, 0.1) is 19.1 Å². The summed E-state index contributed by atoms with van der Waals surface area (Å²) in [6, 6.07) is 3.51. The molecule has 1 aromatic heterocycles. The third kappa shape index (κ3) is 4.95. The van der Waals surface area contributed by atoms with Crippen LogP contribution in [0.4, 0.5) is 28.8 Å². The van der Waals surface area contributed by atoms with Gasteiger partial charge in [-0.05, 0) is 18.2 Å². The van der Waals surface area contributed by atoms with E-state index >= 15 is 0 Å². The van der Waals surface area contributed by atoms with Crippen molar-refractivity contribution in [3.63, 3.8) is 0 Å². The summed E-state index contributed by atoms with van der Waals surface area (Å²) in [5.41, 5.74) is -0.872. The summed E-state index contributed by atoms with van der Waals surface area (Å²) >= 11 is 1.06. The molecule has 2 rings (SSSR count). The summed E-state index contributed by atoms with van der Waals surface area (Å²) in [7, 11) is 1.26. The predicted molar refractivity (Wildman–Crippen MR) is 81.9 cm³/mol. The lowest BCUT2D eigenvalue weighted by Gasteiger charge is -2.09. The van der Waals surface area contributed by atoms with Crippen molar-refractivity contribution in [1.29, 1.82) is 0 Å². The van der Waals surface area contributed by atoms with Crippen molar-refractivity contribution >= 4 is 34.2 Å². The zero-order chi connectivity index (χ0) is 17.7. The maximum atomic E-state index is 12.6. The van der Waals surface area contributed by atoms with Gasteiger partial charge < -0.3 is 10.1 Å². The molecule has 0 unspecified atom stereocenters. The van der Waals surface area contributed by atoms with Gasteiger partial charge in [0, 0.05) is 16.8 Å². The van der Waals surface area contributed by atoms with Crippen LogP contribution in [0.5, 0.6) is 0 Å². The van der Waals surface area contributed by atoms with Crippen LogP contribution in [0.1, 0.15) is 10.4 Å². The van der Waals surface area contributed by atoms with Crippen molar-refractivity contribution in [3.05, 3.63) is 40.9 Å². The fourth-order valence-electron chi connectivity index (χ4n) is 1.69. The summed E-state index contributed by atoms with van der Waals surface area (Å²) in [6.45, 7) is 0. The highest BCUT2D eigenvalue weighted by Gasteiger charge is 2.30. The van der Waals surface area contributed by atoms with E-state index in [-0.39, 0.29) is 17.2 Å². The minimum atomic E-state index is -4.49. The molecule has 2 N–H and O–H groups in total. The first-order valence-corrected chi connectivity index (χ1v) is 7.36. The molecule has 10 heteroatoms. The number of carbonyl (C=O) groups excluding carboxylic acids is 2. The Bertz CT molecular complexity index is 746. The van der Waals surface area contributed by atoms with E-state index in [4.69, 9.17) is 0 Å². The first-order chi connectivity index (χ1) is 11.3. The number of hydrogen-bond donors (Lipinski definition) is 2. The second kappa shape index (κ2) is 7.30. The van der Waals surface area contributed by atoms with E-state index < -0.39 is 23.7 Å². The van der Waals surface area contributed by atoms with Gasteiger partial charge in [-0.25, -0.2) is 9.78 Å². The molecule has 1 heterocycles. The SMILES string of the molecule is COC(=O)Cc1cnc(NC(=O)Nc2cccc(C(F)(F)F)c2)s1. The summed E-state index contributed by atoms with van der Waals surface area (Å²) < 4.78 is 42.4. The van der Waals surface area contributed by atoms with Crippen molar-refractivity contribution < 1.29 is 27.5 Å². The Balaban J connectivity index is 1.97. The maximum absolute atomic E-state index is 12.6. The molecule has 0 fully saturated rings. The predicted octanol–water partition coefficient (Wildman–Crippen LogP) is 3.52. The second-order valence-electron chi connectivity index (χ2n) is 4.54. The number of thiazole rings is 1. The van der Waals surface area contributed by atoms with Gasteiger partial charge in [0.1, 0.15) is 0 Å². The first-order valence-electron chi connectivity index (χ1n) is 6.54. The summed E-state index contributed by atoms with van der Waals surface area (Å²) in [6.07, 6.45) is -3.07. The lowest BCUT2D eigenvalue weighted by molar-refractivity contribution is -0.140. The smallest absolute Gasteiger partial charge is 0.416 e. The van der Waals surface area contributed by atoms with Crippen molar-refractivity contribution in [2.24, 2.45) is 0 Å². The maximum Gasteiger partial charge on any atom is 0.416 e. The van der Waals surface area contributed by atoms with Gasteiger partial charge in [-0.3, -0.25) is 10.1 Å². The van der Waals surface area contributed by atoms with Gasteiger partial charge in [-0.2, -0.15) is 13.2 Å². The normalized spacial score (nSPS) is 11.0. The van der Waals surface area contributed by atoms with E-state index in [1.807, 2.05) is 0 Å². The van der Waals surface area contributed by atoms with Crippen molar-refractivity contribution in [3.8, 4) is 0 Å². The van der Waals surface area contributed by atoms with E-state index in [0.29, 0.717) is 4.88 Å². The van der Waals surface area contributed by atoms with Gasteiger partial charge in [0.15, 0.2) is 5.13 Å². The van der Waals surface area contributed by atoms with E-state index in [0.717, 1.165) is 23.5 Å². The Labute approximate surface area is 138 Å². The van der Waals surface area contributed by atoms with Crippen molar-refractivity contribution in [1.82, 2.24) is 4.98 Å². The molecule has 0 aliphatic heterocycles. The number of ether oxygens (including phenoxy) is 1. The molecule has 0 spiro atoms. The molecule has 0 saturated heterocycles. The number of nitrogens with one attached hydrogen (secondary N) is 2. The Hall–Kier alpha value is -2.62. The Morgan fingerprint density at radius 3 is 2.71 bits per heavy atom. The van der Waals surface area contributed by atoms with E-state index in [1.54, 1.807) is 0 Å². The Morgan fingerprint density at radius 2 is 2.04 bits per heavy atom. The Morgan fingerprint density at radius 1 is 1.29 bits per heavy atom. The van der Waals surface area contributed by atoms with Gasteiger partial charge in [0.25, 0.3) is 0 Å². The highest BCUT2D eigenvalue weighted by atomic mass is 32.1. The number of methoxy groups -OCH3 is 1. The molecule has 0 saturated carbocycles. The minimum absolute atomic E-state index is 0.00587. The summed E-state index contributed by atoms with van der Waals surface area (Å²) in [5, 5.41) is 4.88. The monoisotopic (exact) mass is 359 g/mol. The molecular formula is C14H12F3N3O3S. The van der Waals surface area contributed by atoms with Crippen LogP contribution in [-0.2, 0) is 22.1 Å². The highest BCUT2D eigenvalue weighted by Crippen LogP contribution is 2.30. The Kier molecular flexibility index (Phi) is 5.39. The number of benzene rings is 1. The fraction of sp³-hybridized carbons (Fsp3) is 0.214. The van der Waals surface area contributed by atoms with Crippen LogP contribution in [0.25, 0.3) is 0 Å². The zero-order valence-electron chi connectivity index (χ0n) is 12.3. The van der Waals surface area contributed by atoms with E-state index in [9.17, 15) is 22.8 Å². The molecule has 2 aromatic rings. The summed E-state index contributed by atoms with van der Waals surface area (Å²) in [4.78, 5) is 27.4. The molecule has 0 aliphatic carbocycles. The fourth-order valence-corrected chi connectivity index (χ4v) is 2.49. The van der Waals surface area contributed by atoms with Crippen LogP contribution in [0.2, 0.25) is 0 Å².